The highest BCUT2D eigenvalue weighted by atomic mass is 32.2. The first-order valence-electron chi connectivity index (χ1n) is 9.82. The van der Waals surface area contributed by atoms with Crippen LogP contribution in [-0.4, -0.2) is 14.7 Å². The summed E-state index contributed by atoms with van der Waals surface area (Å²) in [6, 6.07) is 18.5. The molecule has 0 unspecified atom stereocenters. The largest absolute Gasteiger partial charge is 0.224 e. The van der Waals surface area contributed by atoms with E-state index in [1.807, 2.05) is 18.2 Å². The second kappa shape index (κ2) is 7.41. The Balaban J connectivity index is 2.08. The predicted molar refractivity (Wildman–Crippen MR) is 126 cm³/mol. The molecule has 0 fully saturated rings. The molecular formula is C25H30O2S2. The van der Waals surface area contributed by atoms with Gasteiger partial charge in [-0.05, 0) is 39.2 Å². The van der Waals surface area contributed by atoms with Crippen LogP contribution in [0.2, 0.25) is 0 Å². The number of thiophene rings is 1. The van der Waals surface area contributed by atoms with E-state index in [1.54, 1.807) is 11.3 Å². The summed E-state index contributed by atoms with van der Waals surface area (Å²) in [4.78, 5) is 2.18. The maximum atomic E-state index is 12.5. The molecule has 2 nitrogen and oxygen atoms in total. The maximum absolute atomic E-state index is 12.5. The molecular weight excluding hydrogens is 396 g/mol. The Bertz CT molecular complexity index is 1100. The van der Waals surface area contributed by atoms with Gasteiger partial charge in [0.05, 0.1) is 9.77 Å². The van der Waals surface area contributed by atoms with Crippen molar-refractivity contribution in [1.82, 2.24) is 0 Å². The van der Waals surface area contributed by atoms with Gasteiger partial charge in [0.15, 0.2) is 9.84 Å². The number of benzene rings is 2. The fourth-order valence-electron chi connectivity index (χ4n) is 3.25. The van der Waals surface area contributed by atoms with Gasteiger partial charge >= 0.3 is 0 Å². The molecule has 0 atom stereocenters. The summed E-state index contributed by atoms with van der Waals surface area (Å²) in [5.41, 5.74) is 4.64. The van der Waals surface area contributed by atoms with Gasteiger partial charge in [-0.25, -0.2) is 8.42 Å². The molecule has 3 aromatic rings. The van der Waals surface area contributed by atoms with Crippen molar-refractivity contribution in [1.29, 1.82) is 0 Å². The smallest absolute Gasteiger partial charge is 0.176 e. The van der Waals surface area contributed by atoms with E-state index in [2.05, 4.69) is 77.9 Å². The second-order valence-corrected chi connectivity index (χ2v) is 12.8. The van der Waals surface area contributed by atoms with Crippen LogP contribution >= 0.6 is 11.3 Å². The molecule has 0 aliphatic rings. The van der Waals surface area contributed by atoms with E-state index in [0.717, 1.165) is 20.9 Å². The van der Waals surface area contributed by atoms with E-state index >= 15 is 0 Å². The molecule has 0 saturated carbocycles. The van der Waals surface area contributed by atoms with Gasteiger partial charge in [-0.2, -0.15) is 0 Å². The zero-order valence-corrected chi connectivity index (χ0v) is 20.0. The van der Waals surface area contributed by atoms with Gasteiger partial charge in [0.25, 0.3) is 0 Å². The zero-order chi connectivity index (χ0) is 21.6. The first-order chi connectivity index (χ1) is 13.3. The molecule has 0 bridgehead atoms. The third-order valence-electron chi connectivity index (χ3n) is 5.15. The van der Waals surface area contributed by atoms with Crippen LogP contribution in [0.25, 0.3) is 20.9 Å². The number of sulfone groups is 1. The Labute approximate surface area is 179 Å². The predicted octanol–water partition coefficient (Wildman–Crippen LogP) is 7.08. The third-order valence-corrected chi connectivity index (χ3v) is 7.63. The van der Waals surface area contributed by atoms with Gasteiger partial charge in [0, 0.05) is 11.1 Å². The van der Waals surface area contributed by atoms with E-state index in [0.29, 0.717) is 4.90 Å². The highest BCUT2D eigenvalue weighted by Gasteiger charge is 2.21. The summed E-state index contributed by atoms with van der Waals surface area (Å²) in [7, 11) is -3.33. The molecule has 0 radical (unpaired) electrons. The third kappa shape index (κ3) is 4.81. The lowest BCUT2D eigenvalue weighted by molar-refractivity contribution is 0.590. The minimum absolute atomic E-state index is 0.0631. The Kier molecular flexibility index (Phi) is 5.57. The van der Waals surface area contributed by atoms with Crippen molar-refractivity contribution in [2.24, 2.45) is 0 Å². The highest BCUT2D eigenvalue weighted by Crippen LogP contribution is 2.41. The molecule has 4 heteroatoms. The zero-order valence-electron chi connectivity index (χ0n) is 18.3. The summed E-state index contributed by atoms with van der Waals surface area (Å²) < 4.78 is 25.0. The summed E-state index contributed by atoms with van der Waals surface area (Å²) in [5, 5.41) is 0. The molecule has 0 amide bonds. The Morgan fingerprint density at radius 2 is 1.10 bits per heavy atom. The normalized spacial score (nSPS) is 12.9. The van der Waals surface area contributed by atoms with Crippen molar-refractivity contribution in [2.75, 3.05) is 6.26 Å². The van der Waals surface area contributed by atoms with Crippen molar-refractivity contribution in [3.8, 4) is 20.9 Å². The van der Waals surface area contributed by atoms with Crippen molar-refractivity contribution < 1.29 is 8.42 Å². The van der Waals surface area contributed by atoms with E-state index < -0.39 is 9.84 Å². The quantitative estimate of drug-likeness (QED) is 0.448. The van der Waals surface area contributed by atoms with E-state index in [4.69, 9.17) is 0 Å². The highest BCUT2D eigenvalue weighted by molar-refractivity contribution is 7.91. The molecule has 0 aliphatic heterocycles. The molecule has 154 valence electrons. The van der Waals surface area contributed by atoms with Gasteiger partial charge in [0.2, 0.25) is 0 Å². The van der Waals surface area contributed by atoms with Crippen LogP contribution in [-0.2, 0) is 20.7 Å². The van der Waals surface area contributed by atoms with Gasteiger partial charge in [-0.1, -0.05) is 90.1 Å². The van der Waals surface area contributed by atoms with Crippen LogP contribution in [0.4, 0.5) is 0 Å². The van der Waals surface area contributed by atoms with Gasteiger partial charge < -0.3 is 0 Å². The lowest BCUT2D eigenvalue weighted by Crippen LogP contribution is -2.10. The first kappa shape index (κ1) is 21.8. The molecule has 0 aliphatic carbocycles. The molecule has 2 aromatic carbocycles. The lowest BCUT2D eigenvalue weighted by Gasteiger charge is -2.19. The van der Waals surface area contributed by atoms with E-state index in [1.165, 1.54) is 17.4 Å². The summed E-state index contributed by atoms with van der Waals surface area (Å²) in [6.45, 7) is 13.1. The Hall–Kier alpha value is -1.91. The average molecular weight is 427 g/mol. The average Bonchev–Trinajstić information content (AvgIpc) is 3.06. The molecule has 0 saturated heterocycles. The summed E-state index contributed by atoms with van der Waals surface area (Å²) >= 11 is 1.54. The van der Waals surface area contributed by atoms with Gasteiger partial charge in [-0.3, -0.25) is 0 Å². The fourth-order valence-corrected chi connectivity index (χ4v) is 5.75. The molecule has 29 heavy (non-hydrogen) atoms. The SMILES string of the molecule is CC(C)(C)c1ccc(-c2cc(S(C)(=O)=O)c(-c3ccc(C(C)(C)C)cc3)s2)cc1. The van der Waals surface area contributed by atoms with Crippen LogP contribution < -0.4 is 0 Å². The minimum Gasteiger partial charge on any atom is -0.224 e. The molecule has 0 N–H and O–H groups in total. The molecule has 0 spiro atoms. The molecule has 3 rings (SSSR count). The van der Waals surface area contributed by atoms with E-state index in [-0.39, 0.29) is 10.8 Å². The van der Waals surface area contributed by atoms with Gasteiger partial charge in [-0.15, -0.1) is 11.3 Å². The minimum atomic E-state index is -3.33. The summed E-state index contributed by atoms with van der Waals surface area (Å²) in [6.07, 6.45) is 1.29. The number of hydrogen-bond donors (Lipinski definition) is 0. The molecule has 1 aromatic heterocycles. The van der Waals surface area contributed by atoms with Crippen molar-refractivity contribution >= 4 is 21.2 Å². The van der Waals surface area contributed by atoms with Crippen LogP contribution in [0, 0.1) is 0 Å². The van der Waals surface area contributed by atoms with Crippen LogP contribution in [0.15, 0.2) is 59.5 Å². The van der Waals surface area contributed by atoms with Crippen molar-refractivity contribution in [3.05, 3.63) is 65.7 Å². The number of rotatable bonds is 3. The maximum Gasteiger partial charge on any atom is 0.176 e. The van der Waals surface area contributed by atoms with Crippen molar-refractivity contribution in [2.45, 2.75) is 57.3 Å². The second-order valence-electron chi connectivity index (χ2n) is 9.73. The van der Waals surface area contributed by atoms with E-state index in [9.17, 15) is 8.42 Å². The molecule has 1 heterocycles. The van der Waals surface area contributed by atoms with Gasteiger partial charge in [0.1, 0.15) is 0 Å². The fraction of sp³-hybridized carbons (Fsp3) is 0.360. The summed E-state index contributed by atoms with van der Waals surface area (Å²) in [5.74, 6) is 0. The Morgan fingerprint density at radius 3 is 1.48 bits per heavy atom. The Morgan fingerprint density at radius 1 is 0.690 bits per heavy atom. The monoisotopic (exact) mass is 426 g/mol. The van der Waals surface area contributed by atoms with Crippen molar-refractivity contribution in [3.63, 3.8) is 0 Å². The topological polar surface area (TPSA) is 34.1 Å². The standard InChI is InChI=1S/C25H30O2S2/c1-24(2,3)19-12-8-17(9-13-19)21-16-22(29(7,26)27)23(28-21)18-10-14-20(15-11-18)25(4,5)6/h8-16H,1-7H3. The van der Waals surface area contributed by atoms with Crippen LogP contribution in [0.5, 0.6) is 0 Å². The van der Waals surface area contributed by atoms with Crippen LogP contribution in [0.1, 0.15) is 52.7 Å². The number of hydrogen-bond acceptors (Lipinski definition) is 3. The van der Waals surface area contributed by atoms with Crippen LogP contribution in [0.3, 0.4) is 0 Å². The first-order valence-corrected chi connectivity index (χ1v) is 12.5. The lowest BCUT2D eigenvalue weighted by atomic mass is 9.86.